The van der Waals surface area contributed by atoms with Gasteiger partial charge in [-0.05, 0) is 22.9 Å². The number of rotatable bonds is 2. The Hall–Kier alpha value is -1.68. The molecule has 1 N–H and O–H groups in total. The van der Waals surface area contributed by atoms with Crippen LogP contribution >= 0.6 is 11.6 Å². The second kappa shape index (κ2) is 4.90. The average Bonchev–Trinajstić information content (AvgIpc) is 2.35. The van der Waals surface area contributed by atoms with Crippen LogP contribution in [0.2, 0.25) is 5.15 Å². The van der Waals surface area contributed by atoms with Crippen LogP contribution < -0.4 is 5.32 Å². The van der Waals surface area contributed by atoms with Crippen molar-refractivity contribution >= 4 is 28.3 Å². The molecular formula is C13H14ClN3O. The number of hydrogen-bond donors (Lipinski definition) is 1. The molecule has 0 saturated heterocycles. The van der Waals surface area contributed by atoms with Crippen molar-refractivity contribution in [3.05, 3.63) is 34.9 Å². The number of carbonyl (C=O) groups excluding carboxylic acids is 1. The van der Waals surface area contributed by atoms with Crippen LogP contribution in [0.1, 0.15) is 35.8 Å². The smallest absolute Gasteiger partial charge is 0.270 e. The minimum absolute atomic E-state index is 0.223. The van der Waals surface area contributed by atoms with Crippen molar-refractivity contribution in [3.8, 4) is 0 Å². The number of aromatic nitrogens is 2. The highest BCUT2D eigenvalue weighted by atomic mass is 35.5. The van der Waals surface area contributed by atoms with Crippen molar-refractivity contribution in [1.29, 1.82) is 0 Å². The van der Waals surface area contributed by atoms with Crippen LogP contribution in [-0.4, -0.2) is 22.9 Å². The van der Waals surface area contributed by atoms with E-state index in [0.717, 1.165) is 16.3 Å². The Balaban J connectivity index is 2.79. The van der Waals surface area contributed by atoms with E-state index in [1.807, 2.05) is 0 Å². The van der Waals surface area contributed by atoms with Crippen LogP contribution in [-0.2, 0) is 0 Å². The van der Waals surface area contributed by atoms with E-state index in [9.17, 15) is 4.79 Å². The highest BCUT2D eigenvalue weighted by Crippen LogP contribution is 2.27. The van der Waals surface area contributed by atoms with E-state index < -0.39 is 0 Å². The van der Waals surface area contributed by atoms with Crippen LogP contribution in [0.15, 0.2) is 18.5 Å². The number of nitrogens with zero attached hydrogens (tertiary/aromatic N) is 2. The Morgan fingerprint density at radius 3 is 2.61 bits per heavy atom. The molecule has 2 aromatic rings. The molecule has 0 spiro atoms. The fourth-order valence-corrected chi connectivity index (χ4v) is 2.05. The molecule has 2 heterocycles. The quantitative estimate of drug-likeness (QED) is 0.848. The number of amides is 1. The molecule has 94 valence electrons. The van der Waals surface area contributed by atoms with Crippen LogP contribution in [0.5, 0.6) is 0 Å². The SMILES string of the molecule is CNC(=O)c1ncc(C(C)C)c2cc(Cl)ncc12. The summed E-state index contributed by atoms with van der Waals surface area (Å²) in [6.07, 6.45) is 3.33. The summed E-state index contributed by atoms with van der Waals surface area (Å²) < 4.78 is 0. The molecular weight excluding hydrogens is 250 g/mol. The Bertz CT molecular complexity index is 610. The highest BCUT2D eigenvalue weighted by Gasteiger charge is 2.15. The number of nitrogens with one attached hydrogen (secondary N) is 1. The zero-order chi connectivity index (χ0) is 13.3. The van der Waals surface area contributed by atoms with Gasteiger partial charge in [0.25, 0.3) is 5.91 Å². The van der Waals surface area contributed by atoms with Gasteiger partial charge in [0, 0.05) is 24.8 Å². The number of carbonyl (C=O) groups is 1. The predicted molar refractivity (Wildman–Crippen MR) is 72.0 cm³/mol. The van der Waals surface area contributed by atoms with Gasteiger partial charge < -0.3 is 5.32 Å². The van der Waals surface area contributed by atoms with Crippen LogP contribution in [0.25, 0.3) is 10.8 Å². The molecule has 18 heavy (non-hydrogen) atoms. The summed E-state index contributed by atoms with van der Waals surface area (Å²) in [5.74, 6) is 0.0802. The van der Waals surface area contributed by atoms with E-state index in [4.69, 9.17) is 11.6 Å². The van der Waals surface area contributed by atoms with Crippen molar-refractivity contribution in [1.82, 2.24) is 15.3 Å². The first-order valence-electron chi connectivity index (χ1n) is 5.70. The van der Waals surface area contributed by atoms with Crippen molar-refractivity contribution in [2.24, 2.45) is 0 Å². The zero-order valence-electron chi connectivity index (χ0n) is 10.5. The van der Waals surface area contributed by atoms with Gasteiger partial charge >= 0.3 is 0 Å². The summed E-state index contributed by atoms with van der Waals surface area (Å²) in [7, 11) is 1.58. The minimum atomic E-state index is -0.223. The van der Waals surface area contributed by atoms with Crippen molar-refractivity contribution in [2.45, 2.75) is 19.8 Å². The standard InChI is InChI=1S/C13H14ClN3O/c1-7(2)9-5-17-12(13(18)15-3)10-6-16-11(14)4-8(9)10/h4-7H,1-3H3,(H,15,18). The van der Waals surface area contributed by atoms with Crippen molar-refractivity contribution in [2.75, 3.05) is 7.05 Å². The fourth-order valence-electron chi connectivity index (χ4n) is 1.89. The summed E-state index contributed by atoms with van der Waals surface area (Å²) in [5.41, 5.74) is 1.43. The number of halogens is 1. The zero-order valence-corrected chi connectivity index (χ0v) is 11.2. The number of hydrogen-bond acceptors (Lipinski definition) is 3. The fraction of sp³-hybridized carbons (Fsp3) is 0.308. The van der Waals surface area contributed by atoms with Crippen molar-refractivity contribution < 1.29 is 4.79 Å². The second-order valence-electron chi connectivity index (χ2n) is 4.35. The molecule has 0 radical (unpaired) electrons. The first-order valence-corrected chi connectivity index (χ1v) is 6.08. The third-order valence-corrected chi connectivity index (χ3v) is 3.04. The molecule has 2 aromatic heterocycles. The lowest BCUT2D eigenvalue weighted by molar-refractivity contribution is 0.0960. The molecule has 0 aliphatic carbocycles. The summed E-state index contributed by atoms with van der Waals surface area (Å²) in [4.78, 5) is 20.0. The van der Waals surface area contributed by atoms with Gasteiger partial charge in [0.2, 0.25) is 0 Å². The van der Waals surface area contributed by atoms with E-state index in [1.165, 1.54) is 0 Å². The molecule has 0 aromatic carbocycles. The topological polar surface area (TPSA) is 54.9 Å². The maximum Gasteiger partial charge on any atom is 0.270 e. The van der Waals surface area contributed by atoms with E-state index in [2.05, 4.69) is 29.1 Å². The normalized spacial score (nSPS) is 10.9. The van der Waals surface area contributed by atoms with E-state index in [0.29, 0.717) is 16.8 Å². The largest absolute Gasteiger partial charge is 0.354 e. The molecule has 4 nitrogen and oxygen atoms in total. The Labute approximate surface area is 110 Å². The van der Waals surface area contributed by atoms with Crippen molar-refractivity contribution in [3.63, 3.8) is 0 Å². The molecule has 0 bridgehead atoms. The summed E-state index contributed by atoms with van der Waals surface area (Å²) in [6, 6.07) is 1.78. The first-order chi connectivity index (χ1) is 8.54. The average molecular weight is 264 g/mol. The Morgan fingerprint density at radius 2 is 2.00 bits per heavy atom. The third kappa shape index (κ3) is 2.16. The predicted octanol–water partition coefficient (Wildman–Crippen LogP) is 2.77. The molecule has 1 amide bonds. The van der Waals surface area contributed by atoms with Gasteiger partial charge in [-0.25, -0.2) is 4.98 Å². The monoisotopic (exact) mass is 263 g/mol. The van der Waals surface area contributed by atoms with Gasteiger partial charge in [-0.3, -0.25) is 9.78 Å². The molecule has 0 aliphatic heterocycles. The molecule has 0 unspecified atom stereocenters. The Morgan fingerprint density at radius 1 is 1.28 bits per heavy atom. The first kappa shape index (κ1) is 12.8. The molecule has 2 rings (SSSR count). The highest BCUT2D eigenvalue weighted by molar-refractivity contribution is 6.30. The summed E-state index contributed by atoms with van der Waals surface area (Å²) in [5, 5.41) is 4.65. The van der Waals surface area contributed by atoms with Gasteiger partial charge in [-0.2, -0.15) is 0 Å². The lowest BCUT2D eigenvalue weighted by atomic mass is 9.98. The van der Waals surface area contributed by atoms with Crippen LogP contribution in [0, 0.1) is 0 Å². The second-order valence-corrected chi connectivity index (χ2v) is 4.74. The maximum absolute atomic E-state index is 11.8. The van der Waals surface area contributed by atoms with E-state index >= 15 is 0 Å². The van der Waals surface area contributed by atoms with Crippen LogP contribution in [0.3, 0.4) is 0 Å². The third-order valence-electron chi connectivity index (χ3n) is 2.83. The van der Waals surface area contributed by atoms with Gasteiger partial charge in [0.1, 0.15) is 10.8 Å². The lowest BCUT2D eigenvalue weighted by Gasteiger charge is -2.12. The Kier molecular flexibility index (Phi) is 3.48. The van der Waals surface area contributed by atoms with Gasteiger partial charge in [-0.1, -0.05) is 25.4 Å². The number of pyridine rings is 2. The van der Waals surface area contributed by atoms with Gasteiger partial charge in [0.15, 0.2) is 0 Å². The molecule has 5 heteroatoms. The molecule has 0 fully saturated rings. The van der Waals surface area contributed by atoms with E-state index in [-0.39, 0.29) is 5.91 Å². The van der Waals surface area contributed by atoms with Gasteiger partial charge in [-0.15, -0.1) is 0 Å². The van der Waals surface area contributed by atoms with E-state index in [1.54, 1.807) is 25.5 Å². The lowest BCUT2D eigenvalue weighted by Crippen LogP contribution is -2.20. The summed E-state index contributed by atoms with van der Waals surface area (Å²) >= 11 is 5.93. The maximum atomic E-state index is 11.8. The molecule has 0 atom stereocenters. The van der Waals surface area contributed by atoms with Crippen LogP contribution in [0.4, 0.5) is 0 Å². The molecule has 0 aliphatic rings. The molecule has 0 saturated carbocycles. The van der Waals surface area contributed by atoms with Gasteiger partial charge in [0.05, 0.1) is 0 Å². The minimum Gasteiger partial charge on any atom is -0.354 e. The summed E-state index contributed by atoms with van der Waals surface area (Å²) in [6.45, 7) is 4.15. The number of fused-ring (bicyclic) bond motifs is 1.